The van der Waals surface area contributed by atoms with Crippen molar-refractivity contribution in [2.75, 3.05) is 26.7 Å². The first-order valence-corrected chi connectivity index (χ1v) is 8.28. The van der Waals surface area contributed by atoms with Crippen LogP contribution in [0.5, 0.6) is 0 Å². The van der Waals surface area contributed by atoms with Gasteiger partial charge in [0.1, 0.15) is 10.7 Å². The summed E-state index contributed by atoms with van der Waals surface area (Å²) in [5.74, 6) is -1.24. The topological polar surface area (TPSA) is 99.9 Å². The largest absolute Gasteiger partial charge is 0.475 e. The van der Waals surface area contributed by atoms with Crippen LogP contribution in [0.2, 0.25) is 0 Å². The van der Waals surface area contributed by atoms with Crippen molar-refractivity contribution in [3.8, 4) is 0 Å². The second-order valence-corrected chi connectivity index (χ2v) is 7.17. The minimum atomic E-state index is -3.71. The SMILES string of the molecule is CNCC1CCCN(S(=O)(=O)c2cc(C(=O)O)oc2C)C1. The third-order valence-corrected chi connectivity index (χ3v) is 5.65. The molecule has 1 aliphatic rings. The fourth-order valence-electron chi connectivity index (χ4n) is 2.67. The molecular formula is C13H20N2O5S. The van der Waals surface area contributed by atoms with Gasteiger partial charge in [-0.2, -0.15) is 4.31 Å². The number of aromatic carboxylic acids is 1. The Labute approximate surface area is 124 Å². The van der Waals surface area contributed by atoms with Crippen LogP contribution >= 0.6 is 0 Å². The lowest BCUT2D eigenvalue weighted by Crippen LogP contribution is -2.42. The Morgan fingerprint density at radius 1 is 1.57 bits per heavy atom. The molecule has 2 N–H and O–H groups in total. The number of aryl methyl sites for hydroxylation is 1. The Kier molecular flexibility index (Phi) is 4.70. The Hall–Kier alpha value is -1.38. The summed E-state index contributed by atoms with van der Waals surface area (Å²) in [4.78, 5) is 10.8. The maximum Gasteiger partial charge on any atom is 0.371 e. The van der Waals surface area contributed by atoms with E-state index in [0.29, 0.717) is 13.1 Å². The normalized spacial score (nSPS) is 20.6. The van der Waals surface area contributed by atoms with Gasteiger partial charge in [0.25, 0.3) is 0 Å². The van der Waals surface area contributed by atoms with Crippen LogP contribution in [0.15, 0.2) is 15.4 Å². The molecule has 0 aromatic carbocycles. The number of nitrogens with one attached hydrogen (secondary N) is 1. The zero-order valence-corrected chi connectivity index (χ0v) is 12.9. The van der Waals surface area contributed by atoms with Gasteiger partial charge in [0.2, 0.25) is 15.8 Å². The van der Waals surface area contributed by atoms with Crippen LogP contribution in [0.4, 0.5) is 0 Å². The quantitative estimate of drug-likeness (QED) is 0.837. The molecule has 0 bridgehead atoms. The molecule has 1 aromatic rings. The van der Waals surface area contributed by atoms with Gasteiger partial charge in [-0.15, -0.1) is 0 Å². The molecule has 0 radical (unpaired) electrons. The van der Waals surface area contributed by atoms with Crippen molar-refractivity contribution in [1.82, 2.24) is 9.62 Å². The molecule has 1 fully saturated rings. The first-order chi connectivity index (χ1) is 9.86. The number of nitrogens with zero attached hydrogens (tertiary/aromatic N) is 1. The van der Waals surface area contributed by atoms with E-state index in [-0.39, 0.29) is 22.3 Å². The first kappa shape index (κ1) is 16.0. The van der Waals surface area contributed by atoms with E-state index in [1.54, 1.807) is 0 Å². The van der Waals surface area contributed by atoms with E-state index in [1.165, 1.54) is 11.2 Å². The van der Waals surface area contributed by atoms with Gasteiger partial charge in [-0.1, -0.05) is 0 Å². The highest BCUT2D eigenvalue weighted by Gasteiger charge is 2.33. The Bertz CT molecular complexity index is 621. The van der Waals surface area contributed by atoms with Crippen LogP contribution in [-0.2, 0) is 10.0 Å². The number of furan rings is 1. The molecule has 1 aliphatic heterocycles. The maximum atomic E-state index is 12.6. The van der Waals surface area contributed by atoms with Crippen molar-refractivity contribution in [3.05, 3.63) is 17.6 Å². The number of carboxylic acids is 1. The number of piperidine rings is 1. The van der Waals surface area contributed by atoms with Gasteiger partial charge >= 0.3 is 5.97 Å². The van der Waals surface area contributed by atoms with Crippen molar-refractivity contribution in [1.29, 1.82) is 0 Å². The second-order valence-electron chi connectivity index (χ2n) is 5.27. The summed E-state index contributed by atoms with van der Waals surface area (Å²) in [6.07, 6.45) is 1.78. The Balaban J connectivity index is 2.27. The molecule has 1 unspecified atom stereocenters. The Morgan fingerprint density at radius 2 is 2.29 bits per heavy atom. The van der Waals surface area contributed by atoms with Gasteiger partial charge in [-0.25, -0.2) is 13.2 Å². The lowest BCUT2D eigenvalue weighted by molar-refractivity contribution is 0.0661. The number of hydrogen-bond donors (Lipinski definition) is 2. The van der Waals surface area contributed by atoms with Crippen molar-refractivity contribution in [3.63, 3.8) is 0 Å². The molecule has 2 heterocycles. The first-order valence-electron chi connectivity index (χ1n) is 6.84. The van der Waals surface area contributed by atoms with Crippen molar-refractivity contribution in [2.45, 2.75) is 24.7 Å². The molecule has 0 saturated carbocycles. The van der Waals surface area contributed by atoms with Gasteiger partial charge < -0.3 is 14.8 Å². The zero-order valence-electron chi connectivity index (χ0n) is 12.1. The second kappa shape index (κ2) is 6.17. The fourth-order valence-corrected chi connectivity index (χ4v) is 4.38. The summed E-state index contributed by atoms with van der Waals surface area (Å²) in [7, 11) is -1.87. The summed E-state index contributed by atoms with van der Waals surface area (Å²) in [5, 5.41) is 12.0. The lowest BCUT2D eigenvalue weighted by atomic mass is 10.00. The summed E-state index contributed by atoms with van der Waals surface area (Å²) in [6, 6.07) is 1.09. The van der Waals surface area contributed by atoms with Crippen LogP contribution in [-0.4, -0.2) is 50.5 Å². The molecule has 118 valence electrons. The van der Waals surface area contributed by atoms with Crippen molar-refractivity contribution in [2.24, 2.45) is 5.92 Å². The van der Waals surface area contributed by atoms with Gasteiger partial charge in [0.05, 0.1) is 0 Å². The van der Waals surface area contributed by atoms with Crippen LogP contribution in [0, 0.1) is 12.8 Å². The molecule has 1 saturated heterocycles. The third-order valence-electron chi connectivity index (χ3n) is 3.68. The van der Waals surface area contributed by atoms with Crippen LogP contribution in [0.25, 0.3) is 0 Å². The average molecular weight is 316 g/mol. The van der Waals surface area contributed by atoms with E-state index in [4.69, 9.17) is 9.52 Å². The van der Waals surface area contributed by atoms with E-state index in [9.17, 15) is 13.2 Å². The van der Waals surface area contributed by atoms with Gasteiger partial charge in [0.15, 0.2) is 0 Å². The summed E-state index contributed by atoms with van der Waals surface area (Å²) in [6.45, 7) is 3.12. The summed E-state index contributed by atoms with van der Waals surface area (Å²) >= 11 is 0. The van der Waals surface area contributed by atoms with E-state index in [1.807, 2.05) is 7.05 Å². The maximum absolute atomic E-state index is 12.6. The Morgan fingerprint density at radius 3 is 2.86 bits per heavy atom. The molecule has 21 heavy (non-hydrogen) atoms. The number of hydrogen-bond acceptors (Lipinski definition) is 5. The lowest BCUT2D eigenvalue weighted by Gasteiger charge is -2.31. The van der Waals surface area contributed by atoms with E-state index >= 15 is 0 Å². The highest BCUT2D eigenvalue weighted by atomic mass is 32.2. The molecule has 0 spiro atoms. The van der Waals surface area contributed by atoms with Crippen molar-refractivity contribution < 1.29 is 22.7 Å². The average Bonchev–Trinajstić information content (AvgIpc) is 2.82. The molecule has 0 aliphatic carbocycles. The third kappa shape index (κ3) is 3.28. The van der Waals surface area contributed by atoms with E-state index < -0.39 is 16.0 Å². The number of sulfonamides is 1. The number of carbonyl (C=O) groups is 1. The zero-order chi connectivity index (χ0) is 15.6. The minimum Gasteiger partial charge on any atom is -0.475 e. The number of rotatable bonds is 5. The summed E-state index contributed by atoms with van der Waals surface area (Å²) in [5.41, 5.74) is 0. The molecule has 0 amide bonds. The van der Waals surface area contributed by atoms with Gasteiger partial charge in [-0.05, 0) is 39.3 Å². The molecular weight excluding hydrogens is 296 g/mol. The molecule has 1 atom stereocenters. The molecule has 2 rings (SSSR count). The molecule has 7 nitrogen and oxygen atoms in total. The van der Waals surface area contributed by atoms with Crippen LogP contribution in [0.3, 0.4) is 0 Å². The van der Waals surface area contributed by atoms with E-state index in [2.05, 4.69) is 5.32 Å². The smallest absolute Gasteiger partial charge is 0.371 e. The molecule has 8 heteroatoms. The van der Waals surface area contributed by atoms with Crippen molar-refractivity contribution >= 4 is 16.0 Å². The predicted molar refractivity (Wildman–Crippen MR) is 75.8 cm³/mol. The minimum absolute atomic E-state index is 0.0509. The summed E-state index contributed by atoms with van der Waals surface area (Å²) < 4.78 is 31.7. The van der Waals surface area contributed by atoms with Gasteiger partial charge in [0, 0.05) is 19.2 Å². The van der Waals surface area contributed by atoms with Gasteiger partial charge in [-0.3, -0.25) is 0 Å². The molecule has 1 aromatic heterocycles. The predicted octanol–water partition coefficient (Wildman–Crippen LogP) is 0.906. The van der Waals surface area contributed by atoms with Crippen LogP contribution in [0.1, 0.15) is 29.2 Å². The highest BCUT2D eigenvalue weighted by Crippen LogP contribution is 2.27. The van der Waals surface area contributed by atoms with Crippen LogP contribution < -0.4 is 5.32 Å². The standard InChI is InChI=1S/C13H20N2O5S/c1-9-12(6-11(20-9)13(16)17)21(18,19)15-5-3-4-10(8-15)7-14-2/h6,10,14H,3-5,7-8H2,1-2H3,(H,16,17). The highest BCUT2D eigenvalue weighted by molar-refractivity contribution is 7.89. The number of carboxylic acid groups (broad SMARTS) is 1. The monoisotopic (exact) mass is 316 g/mol. The fraction of sp³-hybridized carbons (Fsp3) is 0.615. The van der Waals surface area contributed by atoms with E-state index in [0.717, 1.165) is 25.5 Å².